The summed E-state index contributed by atoms with van der Waals surface area (Å²) in [4.78, 5) is 22.5. The Morgan fingerprint density at radius 2 is 2.17 bits per heavy atom. The van der Waals surface area contributed by atoms with E-state index >= 15 is 0 Å². The lowest BCUT2D eigenvalue weighted by Gasteiger charge is -2.09. The number of carbonyl (C=O) groups excluding carboxylic acids is 1. The zero-order valence-electron chi connectivity index (χ0n) is 9.57. The maximum Gasteiger partial charge on any atom is 0.337 e. The second-order valence-electron chi connectivity index (χ2n) is 3.46. The normalized spacial score (nSPS) is 9.83. The lowest BCUT2D eigenvalue weighted by atomic mass is 10.2. The molecule has 0 aliphatic heterocycles. The van der Waals surface area contributed by atoms with Gasteiger partial charge in [-0.25, -0.2) is 4.79 Å². The van der Waals surface area contributed by atoms with Crippen LogP contribution in [0.15, 0.2) is 35.3 Å². The van der Waals surface area contributed by atoms with Gasteiger partial charge in [-0.3, -0.25) is 4.79 Å². The summed E-state index contributed by atoms with van der Waals surface area (Å²) in [5.74, 6) is -1.39. The summed E-state index contributed by atoms with van der Waals surface area (Å²) in [5.41, 5.74) is 0.317. The Kier molecular flexibility index (Phi) is 5.54. The highest BCUT2D eigenvalue weighted by Gasteiger charge is 2.12. The van der Waals surface area contributed by atoms with Gasteiger partial charge in [-0.15, -0.1) is 6.58 Å². The predicted molar refractivity (Wildman–Crippen MR) is 72.8 cm³/mol. The van der Waals surface area contributed by atoms with E-state index in [-0.39, 0.29) is 23.7 Å². The molecule has 1 aromatic rings. The molecular formula is C12H13BrN2O3. The second kappa shape index (κ2) is 6.93. The van der Waals surface area contributed by atoms with E-state index in [1.54, 1.807) is 18.2 Å². The average molecular weight is 313 g/mol. The van der Waals surface area contributed by atoms with Gasteiger partial charge in [0.05, 0.1) is 17.8 Å². The van der Waals surface area contributed by atoms with Crippen molar-refractivity contribution in [3.63, 3.8) is 0 Å². The fourth-order valence-electron chi connectivity index (χ4n) is 1.29. The number of halogens is 1. The molecule has 0 aliphatic rings. The first-order valence-electron chi connectivity index (χ1n) is 5.19. The molecule has 3 N–H and O–H groups in total. The van der Waals surface area contributed by atoms with E-state index in [0.29, 0.717) is 11.0 Å². The summed E-state index contributed by atoms with van der Waals surface area (Å²) < 4.78 is 0.696. The fourth-order valence-corrected chi connectivity index (χ4v) is 1.65. The molecule has 1 amide bonds. The van der Waals surface area contributed by atoms with Crippen molar-refractivity contribution in [2.75, 3.05) is 18.4 Å². The van der Waals surface area contributed by atoms with Crippen molar-refractivity contribution < 1.29 is 14.7 Å². The Labute approximate surface area is 113 Å². The van der Waals surface area contributed by atoms with Crippen molar-refractivity contribution in [1.82, 2.24) is 5.32 Å². The van der Waals surface area contributed by atoms with E-state index in [2.05, 4.69) is 33.1 Å². The molecule has 0 aromatic heterocycles. The van der Waals surface area contributed by atoms with Crippen LogP contribution in [-0.2, 0) is 4.79 Å². The highest BCUT2D eigenvalue weighted by Crippen LogP contribution is 2.21. The Bertz CT molecular complexity index is 474. The van der Waals surface area contributed by atoms with Crippen LogP contribution >= 0.6 is 15.9 Å². The minimum absolute atomic E-state index is 0.0512. The van der Waals surface area contributed by atoms with E-state index in [4.69, 9.17) is 5.11 Å². The van der Waals surface area contributed by atoms with Crippen LogP contribution in [0.5, 0.6) is 0 Å². The zero-order valence-corrected chi connectivity index (χ0v) is 11.2. The number of carbonyl (C=O) groups is 2. The minimum Gasteiger partial charge on any atom is -0.478 e. The molecule has 0 fully saturated rings. The third kappa shape index (κ3) is 4.31. The molecule has 18 heavy (non-hydrogen) atoms. The number of rotatable bonds is 6. The summed E-state index contributed by atoms with van der Waals surface area (Å²) in [6.07, 6.45) is 1.63. The summed E-state index contributed by atoms with van der Waals surface area (Å²) in [7, 11) is 0. The Morgan fingerprint density at radius 1 is 1.44 bits per heavy atom. The van der Waals surface area contributed by atoms with Crippen LogP contribution in [0.3, 0.4) is 0 Å². The van der Waals surface area contributed by atoms with Crippen LogP contribution in [0.4, 0.5) is 5.69 Å². The van der Waals surface area contributed by atoms with Gasteiger partial charge in [-0.05, 0) is 18.2 Å². The van der Waals surface area contributed by atoms with Gasteiger partial charge in [-0.2, -0.15) is 0 Å². The molecule has 0 saturated carbocycles. The zero-order chi connectivity index (χ0) is 13.5. The molecule has 0 aliphatic carbocycles. The van der Waals surface area contributed by atoms with Crippen molar-refractivity contribution in [2.45, 2.75) is 0 Å². The molecule has 0 radical (unpaired) electrons. The number of amides is 1. The Balaban J connectivity index is 2.76. The average Bonchev–Trinajstić information content (AvgIpc) is 2.29. The van der Waals surface area contributed by atoms with Gasteiger partial charge in [0.15, 0.2) is 0 Å². The monoisotopic (exact) mass is 312 g/mol. The topological polar surface area (TPSA) is 78.4 Å². The number of aromatic carboxylic acids is 1. The highest BCUT2D eigenvalue weighted by molar-refractivity contribution is 9.10. The molecule has 6 heteroatoms. The van der Waals surface area contributed by atoms with Crippen molar-refractivity contribution in [2.24, 2.45) is 0 Å². The summed E-state index contributed by atoms with van der Waals surface area (Å²) >= 11 is 3.23. The molecule has 0 spiro atoms. The first kappa shape index (κ1) is 14.4. The van der Waals surface area contributed by atoms with Crippen LogP contribution in [0.1, 0.15) is 10.4 Å². The van der Waals surface area contributed by atoms with E-state index in [1.807, 2.05) is 0 Å². The third-order valence-corrected chi connectivity index (χ3v) is 2.55. The number of anilines is 1. The SMILES string of the molecule is C=CCNCC(=O)Nc1cc(Br)ccc1C(=O)O. The predicted octanol–water partition coefficient (Wildman–Crippen LogP) is 1.86. The van der Waals surface area contributed by atoms with Crippen LogP contribution in [-0.4, -0.2) is 30.1 Å². The first-order valence-corrected chi connectivity index (χ1v) is 5.98. The molecule has 0 heterocycles. The van der Waals surface area contributed by atoms with Gasteiger partial charge in [-0.1, -0.05) is 22.0 Å². The largest absolute Gasteiger partial charge is 0.478 e. The molecule has 0 atom stereocenters. The molecule has 0 saturated heterocycles. The standard InChI is InChI=1S/C12H13BrN2O3/c1-2-5-14-7-11(16)15-10-6-8(13)3-4-9(10)12(17)18/h2-4,6,14H,1,5,7H2,(H,15,16)(H,17,18). The highest BCUT2D eigenvalue weighted by atomic mass is 79.9. The third-order valence-electron chi connectivity index (χ3n) is 2.06. The lowest BCUT2D eigenvalue weighted by Crippen LogP contribution is -2.28. The number of nitrogens with one attached hydrogen (secondary N) is 2. The Hall–Kier alpha value is -1.66. The fraction of sp³-hybridized carbons (Fsp3) is 0.167. The lowest BCUT2D eigenvalue weighted by molar-refractivity contribution is -0.115. The number of hydrogen-bond acceptors (Lipinski definition) is 3. The van der Waals surface area contributed by atoms with Crippen LogP contribution in [0, 0.1) is 0 Å². The molecular weight excluding hydrogens is 300 g/mol. The molecule has 1 aromatic carbocycles. The van der Waals surface area contributed by atoms with Crippen molar-refractivity contribution in [3.8, 4) is 0 Å². The van der Waals surface area contributed by atoms with E-state index in [0.717, 1.165) is 0 Å². The van der Waals surface area contributed by atoms with Crippen LogP contribution in [0.25, 0.3) is 0 Å². The van der Waals surface area contributed by atoms with E-state index < -0.39 is 5.97 Å². The summed E-state index contributed by atoms with van der Waals surface area (Å²) in [6, 6.07) is 4.59. The molecule has 96 valence electrons. The summed E-state index contributed by atoms with van der Waals surface area (Å²) in [5, 5.41) is 14.4. The molecule has 5 nitrogen and oxygen atoms in total. The van der Waals surface area contributed by atoms with E-state index in [1.165, 1.54) is 6.07 Å². The maximum absolute atomic E-state index is 11.6. The molecule has 0 bridgehead atoms. The second-order valence-corrected chi connectivity index (χ2v) is 4.38. The number of carboxylic acid groups (broad SMARTS) is 1. The quantitative estimate of drug-likeness (QED) is 0.553. The van der Waals surface area contributed by atoms with Gasteiger partial charge in [0.2, 0.25) is 5.91 Å². The van der Waals surface area contributed by atoms with Crippen LogP contribution < -0.4 is 10.6 Å². The summed E-state index contributed by atoms with van der Waals surface area (Å²) in [6.45, 7) is 4.12. The van der Waals surface area contributed by atoms with E-state index in [9.17, 15) is 9.59 Å². The van der Waals surface area contributed by atoms with Gasteiger partial charge in [0.25, 0.3) is 0 Å². The number of benzene rings is 1. The van der Waals surface area contributed by atoms with Gasteiger partial charge in [0.1, 0.15) is 0 Å². The van der Waals surface area contributed by atoms with Gasteiger partial charge < -0.3 is 15.7 Å². The number of carboxylic acids is 1. The Morgan fingerprint density at radius 3 is 2.78 bits per heavy atom. The minimum atomic E-state index is -1.09. The first-order chi connectivity index (χ1) is 8.54. The molecule has 0 unspecified atom stereocenters. The van der Waals surface area contributed by atoms with Gasteiger partial charge in [0, 0.05) is 11.0 Å². The van der Waals surface area contributed by atoms with Gasteiger partial charge >= 0.3 is 5.97 Å². The number of hydrogen-bond donors (Lipinski definition) is 3. The molecule has 1 rings (SSSR count). The van der Waals surface area contributed by atoms with Crippen molar-refractivity contribution in [3.05, 3.63) is 40.9 Å². The smallest absolute Gasteiger partial charge is 0.337 e. The van der Waals surface area contributed by atoms with Crippen LogP contribution in [0.2, 0.25) is 0 Å². The van der Waals surface area contributed by atoms with Crippen molar-refractivity contribution >= 4 is 33.5 Å². The van der Waals surface area contributed by atoms with Crippen molar-refractivity contribution in [1.29, 1.82) is 0 Å². The maximum atomic E-state index is 11.6.